The number of imidazole rings is 1. The molecule has 0 spiro atoms. The molecule has 0 bridgehead atoms. The number of aryl methyl sites for hydroxylation is 1. The van der Waals surface area contributed by atoms with Crippen LogP contribution >= 0.6 is 31.9 Å². The first-order chi connectivity index (χ1) is 12.6. The third-order valence-corrected chi connectivity index (χ3v) is 5.38. The molecule has 4 aromatic rings. The fourth-order valence-corrected chi connectivity index (χ4v) is 4.39. The fraction of sp³-hybridized carbons (Fsp3) is 0.100. The summed E-state index contributed by atoms with van der Waals surface area (Å²) in [4.78, 5) is 9.40. The number of nitrogens with zero attached hydrogens (tertiary/aromatic N) is 3. The number of ether oxygens (including phenoxy) is 1. The lowest BCUT2D eigenvalue weighted by molar-refractivity contribution is 0.409. The van der Waals surface area contributed by atoms with Crippen LogP contribution in [-0.2, 0) is 0 Å². The Hall–Kier alpha value is -2.18. The average Bonchev–Trinajstić information content (AvgIpc) is 3.06. The normalized spacial score (nSPS) is 11.1. The Kier molecular flexibility index (Phi) is 4.54. The number of hydrogen-bond donors (Lipinski definition) is 0. The van der Waals surface area contributed by atoms with Gasteiger partial charge in [0.15, 0.2) is 5.65 Å². The SMILES string of the molecule is COc1c(Br)cc(-c2nccn3cc(-c4ccc(C)cc4)nc23)cc1Br. The standard InChI is InChI=1S/C20H15Br2N3O/c1-12-3-5-13(6-4-12)17-11-25-8-7-23-18(20(25)24-17)14-9-15(21)19(26-2)16(22)10-14/h3-11H,1-2H3. The Bertz CT molecular complexity index is 1080. The highest BCUT2D eigenvalue weighted by molar-refractivity contribution is 9.11. The molecule has 2 aromatic heterocycles. The maximum absolute atomic E-state index is 5.39. The Balaban J connectivity index is 1.88. The van der Waals surface area contributed by atoms with Gasteiger partial charge < -0.3 is 9.14 Å². The fourth-order valence-electron chi connectivity index (χ4n) is 2.88. The first-order valence-corrected chi connectivity index (χ1v) is 9.59. The summed E-state index contributed by atoms with van der Waals surface area (Å²) < 4.78 is 9.11. The van der Waals surface area contributed by atoms with Crippen LogP contribution in [0.2, 0.25) is 0 Å². The summed E-state index contributed by atoms with van der Waals surface area (Å²) in [7, 11) is 1.64. The predicted octanol–water partition coefficient (Wildman–Crippen LogP) is 5.91. The van der Waals surface area contributed by atoms with E-state index in [9.17, 15) is 0 Å². The van der Waals surface area contributed by atoms with Crippen molar-refractivity contribution in [2.75, 3.05) is 7.11 Å². The van der Waals surface area contributed by atoms with E-state index in [4.69, 9.17) is 9.72 Å². The maximum atomic E-state index is 5.39. The van der Waals surface area contributed by atoms with Crippen molar-refractivity contribution in [2.24, 2.45) is 0 Å². The summed E-state index contributed by atoms with van der Waals surface area (Å²) in [6.07, 6.45) is 5.73. The quantitative estimate of drug-likeness (QED) is 0.372. The number of fused-ring (bicyclic) bond motifs is 1. The van der Waals surface area contributed by atoms with Gasteiger partial charge in [0.05, 0.1) is 21.7 Å². The Morgan fingerprint density at radius 1 is 1.00 bits per heavy atom. The second-order valence-corrected chi connectivity index (χ2v) is 7.68. The lowest BCUT2D eigenvalue weighted by Gasteiger charge is -2.09. The highest BCUT2D eigenvalue weighted by Gasteiger charge is 2.14. The number of rotatable bonds is 3. The summed E-state index contributed by atoms with van der Waals surface area (Å²) in [6.45, 7) is 2.08. The third-order valence-electron chi connectivity index (χ3n) is 4.20. The van der Waals surface area contributed by atoms with Crippen LogP contribution in [0.4, 0.5) is 0 Å². The van der Waals surface area contributed by atoms with Gasteiger partial charge in [0.25, 0.3) is 0 Å². The second kappa shape index (κ2) is 6.85. The first kappa shape index (κ1) is 17.2. The van der Waals surface area contributed by atoms with Gasteiger partial charge in [0, 0.05) is 29.7 Å². The van der Waals surface area contributed by atoms with Crippen LogP contribution < -0.4 is 4.74 Å². The van der Waals surface area contributed by atoms with Gasteiger partial charge in [0.2, 0.25) is 0 Å². The van der Waals surface area contributed by atoms with Crippen molar-refractivity contribution in [1.29, 1.82) is 0 Å². The second-order valence-electron chi connectivity index (χ2n) is 5.97. The Labute approximate surface area is 168 Å². The minimum Gasteiger partial charge on any atom is -0.494 e. The van der Waals surface area contributed by atoms with Crippen molar-refractivity contribution in [3.63, 3.8) is 0 Å². The van der Waals surface area contributed by atoms with E-state index in [2.05, 4.69) is 68.0 Å². The van der Waals surface area contributed by atoms with Crippen LogP contribution in [0.25, 0.3) is 28.2 Å². The van der Waals surface area contributed by atoms with Gasteiger partial charge in [0.1, 0.15) is 11.4 Å². The predicted molar refractivity (Wildman–Crippen MR) is 111 cm³/mol. The molecule has 0 N–H and O–H groups in total. The molecule has 2 aromatic carbocycles. The van der Waals surface area contributed by atoms with E-state index in [0.717, 1.165) is 42.9 Å². The van der Waals surface area contributed by atoms with Crippen molar-refractivity contribution in [3.05, 3.63) is 69.5 Å². The molecule has 0 unspecified atom stereocenters. The summed E-state index contributed by atoms with van der Waals surface area (Å²) >= 11 is 7.12. The van der Waals surface area contributed by atoms with E-state index in [0.29, 0.717) is 0 Å². The lowest BCUT2D eigenvalue weighted by Crippen LogP contribution is -1.93. The molecular formula is C20H15Br2N3O. The van der Waals surface area contributed by atoms with Crippen molar-refractivity contribution in [1.82, 2.24) is 14.4 Å². The highest BCUT2D eigenvalue weighted by atomic mass is 79.9. The molecule has 0 aliphatic carbocycles. The van der Waals surface area contributed by atoms with E-state index in [1.165, 1.54) is 5.56 Å². The molecule has 0 atom stereocenters. The molecule has 0 aliphatic rings. The number of hydrogen-bond acceptors (Lipinski definition) is 3. The summed E-state index contributed by atoms with van der Waals surface area (Å²) in [5.74, 6) is 0.754. The van der Waals surface area contributed by atoms with Gasteiger partial charge in [-0.1, -0.05) is 29.8 Å². The number of halogens is 2. The number of aromatic nitrogens is 3. The molecule has 0 saturated carbocycles. The minimum absolute atomic E-state index is 0.754. The molecule has 4 nitrogen and oxygen atoms in total. The molecular weight excluding hydrogens is 458 g/mol. The molecule has 0 amide bonds. The van der Waals surface area contributed by atoms with Crippen LogP contribution in [0.1, 0.15) is 5.56 Å². The van der Waals surface area contributed by atoms with Crippen molar-refractivity contribution >= 4 is 37.5 Å². The minimum atomic E-state index is 0.754. The molecule has 130 valence electrons. The van der Waals surface area contributed by atoms with Gasteiger partial charge in [-0.25, -0.2) is 4.98 Å². The molecule has 26 heavy (non-hydrogen) atoms. The van der Waals surface area contributed by atoms with Crippen LogP contribution in [-0.4, -0.2) is 21.5 Å². The lowest BCUT2D eigenvalue weighted by atomic mass is 10.1. The Morgan fingerprint density at radius 3 is 2.35 bits per heavy atom. The van der Waals surface area contributed by atoms with Gasteiger partial charge in [-0.05, 0) is 50.9 Å². The van der Waals surface area contributed by atoms with Crippen molar-refractivity contribution < 1.29 is 4.74 Å². The van der Waals surface area contributed by atoms with E-state index in [1.54, 1.807) is 13.3 Å². The summed E-state index contributed by atoms with van der Waals surface area (Å²) in [5, 5.41) is 0. The molecule has 0 aliphatic heterocycles. The van der Waals surface area contributed by atoms with Crippen LogP contribution in [0.15, 0.2) is 63.9 Å². The maximum Gasteiger partial charge on any atom is 0.164 e. The smallest absolute Gasteiger partial charge is 0.164 e. The van der Waals surface area contributed by atoms with Gasteiger partial charge >= 0.3 is 0 Å². The number of methoxy groups -OCH3 is 1. The van der Waals surface area contributed by atoms with Gasteiger partial charge in [-0.2, -0.15) is 0 Å². The topological polar surface area (TPSA) is 39.4 Å². The molecule has 6 heteroatoms. The third kappa shape index (κ3) is 3.04. The highest BCUT2D eigenvalue weighted by Crippen LogP contribution is 2.38. The zero-order chi connectivity index (χ0) is 18.3. The largest absolute Gasteiger partial charge is 0.494 e. The summed E-state index contributed by atoms with van der Waals surface area (Å²) in [5.41, 5.74) is 5.82. The first-order valence-electron chi connectivity index (χ1n) is 8.01. The zero-order valence-electron chi connectivity index (χ0n) is 14.2. The molecule has 0 saturated heterocycles. The zero-order valence-corrected chi connectivity index (χ0v) is 17.4. The number of benzene rings is 2. The molecule has 0 fully saturated rings. The molecule has 2 heterocycles. The molecule has 4 rings (SSSR count). The molecule has 0 radical (unpaired) electrons. The van der Waals surface area contributed by atoms with E-state index in [-0.39, 0.29) is 0 Å². The monoisotopic (exact) mass is 471 g/mol. The van der Waals surface area contributed by atoms with Crippen LogP contribution in [0, 0.1) is 6.92 Å². The van der Waals surface area contributed by atoms with Gasteiger partial charge in [-0.15, -0.1) is 0 Å². The van der Waals surface area contributed by atoms with Gasteiger partial charge in [-0.3, -0.25) is 4.98 Å². The van der Waals surface area contributed by atoms with E-state index in [1.807, 2.05) is 28.9 Å². The van der Waals surface area contributed by atoms with Crippen molar-refractivity contribution in [2.45, 2.75) is 6.92 Å². The Morgan fingerprint density at radius 2 is 1.69 bits per heavy atom. The van der Waals surface area contributed by atoms with E-state index < -0.39 is 0 Å². The average molecular weight is 473 g/mol. The van der Waals surface area contributed by atoms with Crippen LogP contribution in [0.5, 0.6) is 5.75 Å². The van der Waals surface area contributed by atoms with Crippen molar-refractivity contribution in [3.8, 4) is 28.3 Å². The van der Waals surface area contributed by atoms with E-state index >= 15 is 0 Å². The summed E-state index contributed by atoms with van der Waals surface area (Å²) in [6, 6.07) is 12.3. The van der Waals surface area contributed by atoms with Crippen LogP contribution in [0.3, 0.4) is 0 Å².